The molecule has 0 radical (unpaired) electrons. The van der Waals surface area contributed by atoms with Crippen molar-refractivity contribution in [3.05, 3.63) is 0 Å². The number of carbonyl (C=O) groups excluding carboxylic acids is 2. The van der Waals surface area contributed by atoms with Crippen LogP contribution < -0.4 is 16.8 Å². The van der Waals surface area contributed by atoms with Crippen LogP contribution in [0.4, 0.5) is 0 Å². The summed E-state index contributed by atoms with van der Waals surface area (Å²) in [6.45, 7) is 1.71. The van der Waals surface area contributed by atoms with E-state index in [2.05, 4.69) is 5.32 Å². The molecular weight excluding hydrogens is 214 g/mol. The first-order valence-corrected chi connectivity index (χ1v) is 4.95. The Bertz CT molecular complexity index is 280. The molecule has 2 amide bonds. The van der Waals surface area contributed by atoms with Gasteiger partial charge >= 0.3 is 5.97 Å². The third-order valence-corrected chi connectivity index (χ3v) is 2.07. The number of carboxylic acids is 1. The lowest BCUT2D eigenvalue weighted by atomic mass is 10.1. The predicted octanol–water partition coefficient (Wildman–Crippen LogP) is -1.44. The van der Waals surface area contributed by atoms with Gasteiger partial charge in [0.05, 0.1) is 6.04 Å². The van der Waals surface area contributed by atoms with Crippen LogP contribution >= 0.6 is 0 Å². The highest BCUT2D eigenvalue weighted by Gasteiger charge is 2.22. The molecule has 0 saturated carbocycles. The Kier molecular flexibility index (Phi) is 6.09. The molecule has 7 heteroatoms. The number of carboxylic acid groups (broad SMARTS) is 1. The molecule has 7 nitrogen and oxygen atoms in total. The van der Waals surface area contributed by atoms with E-state index in [0.29, 0.717) is 6.42 Å². The lowest BCUT2D eigenvalue weighted by molar-refractivity contribution is -0.142. The van der Waals surface area contributed by atoms with E-state index in [1.54, 1.807) is 6.92 Å². The Morgan fingerprint density at radius 2 is 1.94 bits per heavy atom. The van der Waals surface area contributed by atoms with Gasteiger partial charge in [0, 0.05) is 6.42 Å². The molecule has 0 aliphatic rings. The van der Waals surface area contributed by atoms with Gasteiger partial charge in [0.2, 0.25) is 11.8 Å². The summed E-state index contributed by atoms with van der Waals surface area (Å²) in [7, 11) is 0. The van der Waals surface area contributed by atoms with Crippen LogP contribution in [-0.2, 0) is 14.4 Å². The minimum Gasteiger partial charge on any atom is -0.480 e. The second-order valence-corrected chi connectivity index (χ2v) is 3.42. The van der Waals surface area contributed by atoms with Gasteiger partial charge in [-0.2, -0.15) is 0 Å². The number of hydrogen-bond donors (Lipinski definition) is 4. The van der Waals surface area contributed by atoms with E-state index >= 15 is 0 Å². The molecule has 6 N–H and O–H groups in total. The summed E-state index contributed by atoms with van der Waals surface area (Å²) in [4.78, 5) is 32.6. The van der Waals surface area contributed by atoms with Crippen LogP contribution in [0.15, 0.2) is 0 Å². The van der Waals surface area contributed by atoms with E-state index in [4.69, 9.17) is 16.6 Å². The van der Waals surface area contributed by atoms with Crippen molar-refractivity contribution in [2.75, 3.05) is 0 Å². The summed E-state index contributed by atoms with van der Waals surface area (Å²) in [6, 6.07) is -1.87. The first-order chi connectivity index (χ1) is 7.38. The van der Waals surface area contributed by atoms with Gasteiger partial charge < -0.3 is 21.9 Å². The largest absolute Gasteiger partial charge is 0.480 e. The molecule has 0 aliphatic heterocycles. The number of amides is 2. The van der Waals surface area contributed by atoms with Crippen molar-refractivity contribution >= 4 is 17.8 Å². The molecular formula is C9H17N3O4. The normalized spacial score (nSPS) is 13.9. The second kappa shape index (κ2) is 6.78. The van der Waals surface area contributed by atoms with Crippen LogP contribution in [0.5, 0.6) is 0 Å². The Morgan fingerprint density at radius 1 is 1.38 bits per heavy atom. The average molecular weight is 231 g/mol. The average Bonchev–Trinajstić information content (AvgIpc) is 2.21. The highest BCUT2D eigenvalue weighted by Crippen LogP contribution is 1.98. The van der Waals surface area contributed by atoms with Crippen LogP contribution in [0.2, 0.25) is 0 Å². The third kappa shape index (κ3) is 5.30. The standard InChI is InChI=1S/C9H17N3O4/c1-2-5(10)8(14)12-6(9(15)16)3-4-7(11)13/h5-6H,2-4,10H2,1H3,(H2,11,13)(H,12,14)(H,15,16)/t5-,6?/m1/s1. The van der Waals surface area contributed by atoms with Crippen molar-refractivity contribution < 1.29 is 19.5 Å². The summed E-state index contributed by atoms with van der Waals surface area (Å²) in [5.74, 6) is -2.36. The van der Waals surface area contributed by atoms with Gasteiger partial charge in [0.25, 0.3) is 0 Å². The molecule has 0 heterocycles. The summed E-state index contributed by atoms with van der Waals surface area (Å²) < 4.78 is 0. The van der Waals surface area contributed by atoms with Gasteiger partial charge in [-0.05, 0) is 12.8 Å². The molecule has 0 fully saturated rings. The second-order valence-electron chi connectivity index (χ2n) is 3.42. The summed E-state index contributed by atoms with van der Waals surface area (Å²) >= 11 is 0. The molecule has 0 rings (SSSR count). The van der Waals surface area contributed by atoms with E-state index in [1.165, 1.54) is 0 Å². The quantitative estimate of drug-likeness (QED) is 0.425. The van der Waals surface area contributed by atoms with Gasteiger partial charge in [-0.15, -0.1) is 0 Å². The van der Waals surface area contributed by atoms with Gasteiger partial charge in [0.15, 0.2) is 0 Å². The molecule has 0 aromatic rings. The van der Waals surface area contributed by atoms with E-state index in [-0.39, 0.29) is 12.8 Å². The van der Waals surface area contributed by atoms with E-state index < -0.39 is 29.9 Å². The lowest BCUT2D eigenvalue weighted by Crippen LogP contribution is -2.48. The fourth-order valence-electron chi connectivity index (χ4n) is 1.01. The van der Waals surface area contributed by atoms with Gasteiger partial charge in [0.1, 0.15) is 6.04 Å². The summed E-state index contributed by atoms with van der Waals surface area (Å²) in [5.41, 5.74) is 10.3. The summed E-state index contributed by atoms with van der Waals surface area (Å²) in [6.07, 6.45) is 0.277. The zero-order chi connectivity index (χ0) is 12.7. The highest BCUT2D eigenvalue weighted by atomic mass is 16.4. The van der Waals surface area contributed by atoms with Crippen molar-refractivity contribution in [1.29, 1.82) is 0 Å². The molecule has 16 heavy (non-hydrogen) atoms. The topological polar surface area (TPSA) is 136 Å². The number of nitrogens with two attached hydrogens (primary N) is 2. The van der Waals surface area contributed by atoms with Crippen LogP contribution in [0, 0.1) is 0 Å². The van der Waals surface area contributed by atoms with Crippen molar-refractivity contribution in [2.45, 2.75) is 38.3 Å². The van der Waals surface area contributed by atoms with Crippen molar-refractivity contribution in [2.24, 2.45) is 11.5 Å². The Balaban J connectivity index is 4.28. The van der Waals surface area contributed by atoms with Gasteiger partial charge in [-0.25, -0.2) is 4.79 Å². The van der Waals surface area contributed by atoms with Crippen LogP contribution in [0.3, 0.4) is 0 Å². The zero-order valence-electron chi connectivity index (χ0n) is 9.10. The predicted molar refractivity (Wildman–Crippen MR) is 56.3 cm³/mol. The maximum absolute atomic E-state index is 11.3. The fourth-order valence-corrected chi connectivity index (χ4v) is 1.01. The molecule has 0 aromatic heterocycles. The third-order valence-electron chi connectivity index (χ3n) is 2.07. The Labute approximate surface area is 93.2 Å². The van der Waals surface area contributed by atoms with E-state index in [0.717, 1.165) is 0 Å². The molecule has 2 atom stereocenters. The van der Waals surface area contributed by atoms with E-state index in [9.17, 15) is 14.4 Å². The zero-order valence-corrected chi connectivity index (χ0v) is 9.10. The number of aliphatic carboxylic acids is 1. The number of nitrogens with one attached hydrogen (secondary N) is 1. The van der Waals surface area contributed by atoms with Crippen LogP contribution in [-0.4, -0.2) is 35.0 Å². The Morgan fingerprint density at radius 3 is 2.31 bits per heavy atom. The molecule has 0 saturated heterocycles. The molecule has 0 spiro atoms. The molecule has 0 aliphatic carbocycles. The molecule has 92 valence electrons. The summed E-state index contributed by atoms with van der Waals surface area (Å²) in [5, 5.41) is 11.0. The first kappa shape index (κ1) is 14.4. The monoisotopic (exact) mass is 231 g/mol. The minimum absolute atomic E-state index is 0.0349. The first-order valence-electron chi connectivity index (χ1n) is 4.95. The highest BCUT2D eigenvalue weighted by molar-refractivity contribution is 5.87. The Hall–Kier alpha value is -1.63. The van der Waals surface area contributed by atoms with E-state index in [1.807, 2.05) is 0 Å². The number of hydrogen-bond acceptors (Lipinski definition) is 4. The van der Waals surface area contributed by atoms with Crippen molar-refractivity contribution in [1.82, 2.24) is 5.32 Å². The fraction of sp³-hybridized carbons (Fsp3) is 0.667. The maximum atomic E-state index is 11.3. The van der Waals surface area contributed by atoms with Gasteiger partial charge in [-0.3, -0.25) is 9.59 Å². The lowest BCUT2D eigenvalue weighted by Gasteiger charge is -2.16. The molecule has 0 bridgehead atoms. The SMILES string of the molecule is CC[C@@H](N)C(=O)NC(CCC(N)=O)C(=O)O. The van der Waals surface area contributed by atoms with Crippen LogP contribution in [0.1, 0.15) is 26.2 Å². The number of rotatable bonds is 7. The van der Waals surface area contributed by atoms with Crippen molar-refractivity contribution in [3.63, 3.8) is 0 Å². The maximum Gasteiger partial charge on any atom is 0.326 e. The molecule has 0 aromatic carbocycles. The minimum atomic E-state index is -1.21. The van der Waals surface area contributed by atoms with Crippen molar-refractivity contribution in [3.8, 4) is 0 Å². The number of carbonyl (C=O) groups is 3. The number of primary amides is 1. The van der Waals surface area contributed by atoms with Gasteiger partial charge in [-0.1, -0.05) is 6.92 Å². The molecule has 1 unspecified atom stereocenters. The van der Waals surface area contributed by atoms with Crippen LogP contribution in [0.25, 0.3) is 0 Å². The smallest absolute Gasteiger partial charge is 0.326 e.